The smallest absolute Gasteiger partial charge is 0.338 e. The fourth-order valence-electron chi connectivity index (χ4n) is 3.26. The predicted molar refractivity (Wildman–Crippen MR) is 100 cm³/mol. The molecule has 0 aromatic heterocycles. The third-order valence-electron chi connectivity index (χ3n) is 4.83. The minimum Gasteiger partial charge on any atom is -0.468 e. The molecule has 0 saturated heterocycles. The molecular weight excluding hydrogens is 328 g/mol. The molecule has 26 heavy (non-hydrogen) atoms. The maximum Gasteiger partial charge on any atom is 0.338 e. The highest BCUT2D eigenvalue weighted by Gasteiger charge is 2.22. The van der Waals surface area contributed by atoms with E-state index in [1.165, 1.54) is 0 Å². The number of benzene rings is 2. The third kappa shape index (κ3) is 5.88. The number of ether oxygens (including phenoxy) is 3. The van der Waals surface area contributed by atoms with Crippen LogP contribution in [0.5, 0.6) is 5.75 Å². The average molecular weight is 354 g/mol. The van der Waals surface area contributed by atoms with E-state index in [1.807, 2.05) is 48.5 Å². The molecule has 0 unspecified atom stereocenters. The second kappa shape index (κ2) is 9.97. The summed E-state index contributed by atoms with van der Waals surface area (Å²) in [4.78, 5) is 12.0. The molecule has 2 aromatic rings. The van der Waals surface area contributed by atoms with Crippen molar-refractivity contribution in [3.8, 4) is 5.75 Å². The predicted octanol–water partition coefficient (Wildman–Crippen LogP) is 4.70. The molecule has 0 bridgehead atoms. The molecule has 1 saturated carbocycles. The summed E-state index contributed by atoms with van der Waals surface area (Å²) in [5, 5.41) is 0. The lowest BCUT2D eigenvalue weighted by molar-refractivity contribution is -0.0132. The molecule has 1 aliphatic carbocycles. The summed E-state index contributed by atoms with van der Waals surface area (Å²) >= 11 is 0. The van der Waals surface area contributed by atoms with E-state index in [9.17, 15) is 4.79 Å². The van der Waals surface area contributed by atoms with Crippen LogP contribution >= 0.6 is 0 Å². The summed E-state index contributed by atoms with van der Waals surface area (Å²) in [5.41, 5.74) is 0.619. The van der Waals surface area contributed by atoms with Gasteiger partial charge < -0.3 is 14.2 Å². The molecule has 0 amide bonds. The van der Waals surface area contributed by atoms with Crippen molar-refractivity contribution in [3.63, 3.8) is 0 Å². The quantitative estimate of drug-likeness (QED) is 0.391. The molecular formula is C22H26O4. The first-order valence-electron chi connectivity index (χ1n) is 9.29. The van der Waals surface area contributed by atoms with E-state index in [-0.39, 0.29) is 5.97 Å². The Morgan fingerprint density at radius 3 is 2.04 bits per heavy atom. The Morgan fingerprint density at radius 1 is 0.808 bits per heavy atom. The molecule has 4 nitrogen and oxygen atoms in total. The van der Waals surface area contributed by atoms with Crippen molar-refractivity contribution in [1.29, 1.82) is 0 Å². The first-order valence-corrected chi connectivity index (χ1v) is 9.29. The van der Waals surface area contributed by atoms with Crippen LogP contribution in [0.15, 0.2) is 60.7 Å². The zero-order valence-electron chi connectivity index (χ0n) is 15.0. The van der Waals surface area contributed by atoms with Gasteiger partial charge in [0.15, 0.2) is 6.79 Å². The molecule has 0 spiro atoms. The van der Waals surface area contributed by atoms with Crippen LogP contribution in [0.1, 0.15) is 36.0 Å². The highest BCUT2D eigenvalue weighted by atomic mass is 16.7. The maximum atomic E-state index is 12.0. The molecule has 0 aliphatic heterocycles. The van der Waals surface area contributed by atoms with Crippen LogP contribution in [-0.2, 0) is 9.47 Å². The first kappa shape index (κ1) is 18.5. The van der Waals surface area contributed by atoms with Crippen molar-refractivity contribution in [2.24, 2.45) is 11.8 Å². The van der Waals surface area contributed by atoms with Gasteiger partial charge in [0.2, 0.25) is 0 Å². The van der Waals surface area contributed by atoms with Crippen LogP contribution < -0.4 is 4.74 Å². The molecule has 0 atom stereocenters. The zero-order chi connectivity index (χ0) is 18.0. The lowest BCUT2D eigenvalue weighted by atomic mass is 9.83. The number of rotatable bonds is 8. The van der Waals surface area contributed by atoms with Gasteiger partial charge in [-0.15, -0.1) is 0 Å². The van der Waals surface area contributed by atoms with E-state index in [1.54, 1.807) is 12.1 Å². The summed E-state index contributed by atoms with van der Waals surface area (Å²) in [5.74, 6) is 1.63. The van der Waals surface area contributed by atoms with Gasteiger partial charge in [0, 0.05) is 0 Å². The molecule has 2 aromatic carbocycles. The molecule has 0 radical (unpaired) electrons. The standard InChI is InChI=1S/C22H26O4/c23-22(20-7-3-1-4-8-20)25-16-19-13-11-18(12-14-19)15-24-17-26-21-9-5-2-6-10-21/h1-10,18-19H,11-17H2. The summed E-state index contributed by atoms with van der Waals surface area (Å²) < 4.78 is 16.7. The Balaban J connectivity index is 1.27. The van der Waals surface area contributed by atoms with Gasteiger partial charge in [0.25, 0.3) is 0 Å². The molecule has 3 rings (SSSR count). The Hall–Kier alpha value is -2.33. The van der Waals surface area contributed by atoms with Gasteiger partial charge in [-0.1, -0.05) is 36.4 Å². The topological polar surface area (TPSA) is 44.8 Å². The van der Waals surface area contributed by atoms with Crippen LogP contribution in [0, 0.1) is 11.8 Å². The van der Waals surface area contributed by atoms with Gasteiger partial charge in [-0.2, -0.15) is 0 Å². The average Bonchev–Trinajstić information content (AvgIpc) is 2.72. The Kier molecular flexibility index (Phi) is 7.08. The van der Waals surface area contributed by atoms with E-state index in [0.29, 0.717) is 30.8 Å². The van der Waals surface area contributed by atoms with Gasteiger partial charge >= 0.3 is 5.97 Å². The number of para-hydroxylation sites is 1. The maximum absolute atomic E-state index is 12.0. The lowest BCUT2D eigenvalue weighted by Gasteiger charge is -2.28. The summed E-state index contributed by atoms with van der Waals surface area (Å²) in [6.07, 6.45) is 4.38. The zero-order valence-corrected chi connectivity index (χ0v) is 15.0. The van der Waals surface area contributed by atoms with Crippen LogP contribution in [0.4, 0.5) is 0 Å². The van der Waals surface area contributed by atoms with Crippen molar-refractivity contribution in [3.05, 3.63) is 66.2 Å². The lowest BCUT2D eigenvalue weighted by Crippen LogP contribution is -2.23. The second-order valence-electron chi connectivity index (χ2n) is 6.80. The van der Waals surface area contributed by atoms with Crippen molar-refractivity contribution >= 4 is 5.97 Å². The highest BCUT2D eigenvalue weighted by molar-refractivity contribution is 5.89. The van der Waals surface area contributed by atoms with Crippen molar-refractivity contribution in [2.45, 2.75) is 25.7 Å². The van der Waals surface area contributed by atoms with E-state index < -0.39 is 0 Å². The van der Waals surface area contributed by atoms with Gasteiger partial charge in [-0.3, -0.25) is 0 Å². The van der Waals surface area contributed by atoms with Gasteiger partial charge in [-0.25, -0.2) is 4.79 Å². The SMILES string of the molecule is O=C(OCC1CCC(COCOc2ccccc2)CC1)c1ccccc1. The van der Waals surface area contributed by atoms with Gasteiger partial charge in [0.05, 0.1) is 18.8 Å². The minimum absolute atomic E-state index is 0.228. The number of hydrogen-bond donors (Lipinski definition) is 0. The molecule has 4 heteroatoms. The molecule has 138 valence electrons. The Labute approximate surface area is 155 Å². The number of carbonyl (C=O) groups excluding carboxylic acids is 1. The van der Waals surface area contributed by atoms with Gasteiger partial charge in [-0.05, 0) is 61.8 Å². The summed E-state index contributed by atoms with van der Waals surface area (Å²) in [6.45, 7) is 1.53. The van der Waals surface area contributed by atoms with Crippen LogP contribution in [0.2, 0.25) is 0 Å². The first-order chi connectivity index (χ1) is 12.8. The fraction of sp³-hybridized carbons (Fsp3) is 0.409. The largest absolute Gasteiger partial charge is 0.468 e. The monoisotopic (exact) mass is 354 g/mol. The summed E-state index contributed by atoms with van der Waals surface area (Å²) in [7, 11) is 0. The van der Waals surface area contributed by atoms with Crippen molar-refractivity contribution in [1.82, 2.24) is 0 Å². The number of hydrogen-bond acceptors (Lipinski definition) is 4. The second-order valence-corrected chi connectivity index (χ2v) is 6.80. The number of carbonyl (C=O) groups is 1. The van der Waals surface area contributed by atoms with E-state index >= 15 is 0 Å². The van der Waals surface area contributed by atoms with Crippen LogP contribution in [-0.4, -0.2) is 26.0 Å². The van der Waals surface area contributed by atoms with Crippen LogP contribution in [0.3, 0.4) is 0 Å². The highest BCUT2D eigenvalue weighted by Crippen LogP contribution is 2.29. The Bertz CT molecular complexity index is 648. The number of esters is 1. The van der Waals surface area contributed by atoms with E-state index in [2.05, 4.69) is 0 Å². The van der Waals surface area contributed by atoms with Gasteiger partial charge in [0.1, 0.15) is 5.75 Å². The molecule has 1 fully saturated rings. The fourth-order valence-corrected chi connectivity index (χ4v) is 3.26. The molecule has 1 aliphatic rings. The van der Waals surface area contributed by atoms with E-state index in [4.69, 9.17) is 14.2 Å². The third-order valence-corrected chi connectivity index (χ3v) is 4.83. The van der Waals surface area contributed by atoms with Crippen molar-refractivity contribution < 1.29 is 19.0 Å². The molecule has 0 N–H and O–H groups in total. The Morgan fingerprint density at radius 2 is 1.38 bits per heavy atom. The minimum atomic E-state index is -0.228. The van der Waals surface area contributed by atoms with Crippen LogP contribution in [0.25, 0.3) is 0 Å². The van der Waals surface area contributed by atoms with E-state index in [0.717, 1.165) is 38.0 Å². The van der Waals surface area contributed by atoms with Crippen molar-refractivity contribution in [2.75, 3.05) is 20.0 Å². The normalized spacial score (nSPS) is 19.7. The summed E-state index contributed by atoms with van der Waals surface area (Å²) in [6, 6.07) is 18.9. The molecule has 0 heterocycles.